The number of hydrogen-bond acceptors (Lipinski definition) is 5. The minimum Gasteiger partial charge on any atom is -0.493 e. The lowest BCUT2D eigenvalue weighted by atomic mass is 10.2. The van der Waals surface area contributed by atoms with Gasteiger partial charge in [-0.1, -0.05) is 30.3 Å². The highest BCUT2D eigenvalue weighted by atomic mass is 16.6. The number of ether oxygens (including phenoxy) is 3. The quantitative estimate of drug-likeness (QED) is 0.752. The Labute approximate surface area is 156 Å². The number of nitrogens with one attached hydrogen (secondary N) is 1. The lowest BCUT2D eigenvalue weighted by Gasteiger charge is -2.26. The van der Waals surface area contributed by atoms with Crippen LogP contribution in [0, 0.1) is 0 Å². The van der Waals surface area contributed by atoms with Crippen molar-refractivity contribution in [2.45, 2.75) is 6.10 Å². The zero-order valence-electron chi connectivity index (χ0n) is 14.8. The lowest BCUT2D eigenvalue weighted by molar-refractivity contribution is 0.0784. The number of para-hydroxylation sites is 3. The van der Waals surface area contributed by atoms with Crippen LogP contribution in [0.5, 0.6) is 17.2 Å². The van der Waals surface area contributed by atoms with Crippen molar-refractivity contribution in [2.24, 2.45) is 0 Å². The number of benzene rings is 2. The molecule has 2 heterocycles. The summed E-state index contributed by atoms with van der Waals surface area (Å²) in [4.78, 5) is 12.6. The molecule has 138 valence electrons. The van der Waals surface area contributed by atoms with Gasteiger partial charge in [0.1, 0.15) is 12.7 Å². The topological polar surface area (TPSA) is 74.6 Å². The van der Waals surface area contributed by atoms with Crippen LogP contribution in [0.15, 0.2) is 60.8 Å². The van der Waals surface area contributed by atoms with E-state index in [0.29, 0.717) is 30.4 Å². The maximum Gasteiger partial charge on any atom is 0.275 e. The molecule has 1 aromatic heterocycles. The van der Waals surface area contributed by atoms with E-state index in [0.717, 1.165) is 5.69 Å². The molecule has 1 aliphatic rings. The van der Waals surface area contributed by atoms with E-state index in [4.69, 9.17) is 14.2 Å². The summed E-state index contributed by atoms with van der Waals surface area (Å²) in [6.07, 6.45) is 1.41. The zero-order chi connectivity index (χ0) is 18.6. The Bertz CT molecular complexity index is 939. The lowest BCUT2D eigenvalue weighted by Crippen LogP contribution is -2.40. The maximum atomic E-state index is 12.6. The summed E-state index contributed by atoms with van der Waals surface area (Å²) in [6.45, 7) is 0.668. The van der Waals surface area contributed by atoms with Crippen molar-refractivity contribution in [3.05, 3.63) is 66.5 Å². The number of hydrogen-bond donors (Lipinski definition) is 1. The number of carbonyl (C=O) groups excluding carboxylic acids is 1. The third kappa shape index (κ3) is 3.57. The van der Waals surface area contributed by atoms with Gasteiger partial charge in [0, 0.05) is 0 Å². The van der Waals surface area contributed by atoms with Gasteiger partial charge >= 0.3 is 0 Å². The monoisotopic (exact) mass is 365 g/mol. The van der Waals surface area contributed by atoms with E-state index in [1.165, 1.54) is 7.11 Å². The van der Waals surface area contributed by atoms with Crippen molar-refractivity contribution in [3.8, 4) is 22.9 Å². The van der Waals surface area contributed by atoms with Crippen LogP contribution in [0.2, 0.25) is 0 Å². The third-order valence-electron chi connectivity index (χ3n) is 4.19. The number of methoxy groups -OCH3 is 1. The summed E-state index contributed by atoms with van der Waals surface area (Å²) in [5, 5.41) is 7.20. The molecule has 1 N–H and O–H groups in total. The second-order valence-corrected chi connectivity index (χ2v) is 6.03. The number of rotatable bonds is 5. The van der Waals surface area contributed by atoms with Gasteiger partial charge in [-0.25, -0.2) is 4.68 Å². The molecular formula is C20H19N3O4. The van der Waals surface area contributed by atoms with Gasteiger partial charge in [-0.15, -0.1) is 0 Å². The van der Waals surface area contributed by atoms with Crippen LogP contribution in [-0.2, 0) is 0 Å². The molecule has 1 unspecified atom stereocenters. The van der Waals surface area contributed by atoms with Crippen molar-refractivity contribution in [3.63, 3.8) is 0 Å². The van der Waals surface area contributed by atoms with Gasteiger partial charge < -0.3 is 19.5 Å². The number of aromatic nitrogens is 2. The Morgan fingerprint density at radius 3 is 2.70 bits per heavy atom. The first kappa shape index (κ1) is 17.0. The number of nitrogens with zero attached hydrogens (tertiary/aromatic N) is 2. The predicted octanol–water partition coefficient (Wildman–Crippen LogP) is 2.45. The second kappa shape index (κ2) is 7.41. The molecule has 0 bridgehead atoms. The minimum absolute atomic E-state index is 0.221. The van der Waals surface area contributed by atoms with E-state index < -0.39 is 0 Å². The largest absolute Gasteiger partial charge is 0.493 e. The van der Waals surface area contributed by atoms with Gasteiger partial charge in [0.15, 0.2) is 22.9 Å². The Hall–Kier alpha value is -3.48. The van der Waals surface area contributed by atoms with Crippen molar-refractivity contribution < 1.29 is 19.0 Å². The molecule has 7 nitrogen and oxygen atoms in total. The number of amides is 1. The van der Waals surface area contributed by atoms with Crippen LogP contribution in [0.25, 0.3) is 5.69 Å². The average molecular weight is 365 g/mol. The molecule has 1 atom stereocenters. The van der Waals surface area contributed by atoms with Gasteiger partial charge in [0.05, 0.1) is 25.5 Å². The molecule has 27 heavy (non-hydrogen) atoms. The Morgan fingerprint density at radius 2 is 1.93 bits per heavy atom. The first-order valence-electron chi connectivity index (χ1n) is 8.60. The highest BCUT2D eigenvalue weighted by Gasteiger charge is 2.23. The molecule has 4 rings (SSSR count). The van der Waals surface area contributed by atoms with E-state index in [9.17, 15) is 4.79 Å². The molecule has 3 aromatic rings. The molecule has 0 aliphatic carbocycles. The fourth-order valence-electron chi connectivity index (χ4n) is 2.83. The van der Waals surface area contributed by atoms with E-state index in [-0.39, 0.29) is 17.7 Å². The van der Waals surface area contributed by atoms with E-state index in [2.05, 4.69) is 10.4 Å². The third-order valence-corrected chi connectivity index (χ3v) is 4.19. The summed E-state index contributed by atoms with van der Waals surface area (Å²) < 4.78 is 18.4. The first-order chi connectivity index (χ1) is 13.2. The summed E-state index contributed by atoms with van der Waals surface area (Å²) in [5.41, 5.74) is 1.06. The minimum atomic E-state index is -0.330. The van der Waals surface area contributed by atoms with Crippen LogP contribution < -0.4 is 19.5 Å². The normalized spacial score (nSPS) is 15.2. The van der Waals surface area contributed by atoms with Crippen molar-refractivity contribution in [1.82, 2.24) is 15.1 Å². The second-order valence-electron chi connectivity index (χ2n) is 6.03. The number of carbonyl (C=O) groups is 1. The fraction of sp³-hybridized carbons (Fsp3) is 0.200. The first-order valence-corrected chi connectivity index (χ1v) is 8.60. The summed E-state index contributed by atoms with van der Waals surface area (Å²) in [5.74, 6) is 1.46. The van der Waals surface area contributed by atoms with Crippen LogP contribution in [0.3, 0.4) is 0 Å². The molecule has 0 saturated heterocycles. The van der Waals surface area contributed by atoms with Gasteiger partial charge in [-0.3, -0.25) is 4.79 Å². The molecule has 1 aliphatic heterocycles. The number of fused-ring (bicyclic) bond motifs is 1. The van der Waals surface area contributed by atoms with Crippen molar-refractivity contribution in [1.29, 1.82) is 0 Å². The van der Waals surface area contributed by atoms with Gasteiger partial charge in [-0.2, -0.15) is 5.10 Å². The smallest absolute Gasteiger partial charge is 0.275 e. The summed E-state index contributed by atoms with van der Waals surface area (Å²) >= 11 is 0. The predicted molar refractivity (Wildman–Crippen MR) is 98.8 cm³/mol. The van der Waals surface area contributed by atoms with Crippen LogP contribution >= 0.6 is 0 Å². The standard InChI is InChI=1S/C20H19N3O4/c1-25-18-12-23(14-7-3-2-4-8-14)22-19(18)20(24)21-11-15-13-26-16-9-5-6-10-17(16)27-15/h2-10,12,15H,11,13H2,1H3,(H,21,24). The molecule has 1 amide bonds. The maximum absolute atomic E-state index is 12.6. The average Bonchev–Trinajstić information content (AvgIpc) is 3.17. The highest BCUT2D eigenvalue weighted by Crippen LogP contribution is 2.30. The van der Waals surface area contributed by atoms with Gasteiger partial charge in [0.25, 0.3) is 5.91 Å². The zero-order valence-corrected chi connectivity index (χ0v) is 14.8. The summed E-state index contributed by atoms with van der Waals surface area (Å²) in [7, 11) is 1.51. The Balaban J connectivity index is 1.44. The van der Waals surface area contributed by atoms with Crippen molar-refractivity contribution in [2.75, 3.05) is 20.3 Å². The molecule has 0 saturated carbocycles. The van der Waals surface area contributed by atoms with Crippen molar-refractivity contribution >= 4 is 5.91 Å². The molecule has 7 heteroatoms. The molecule has 0 fully saturated rings. The SMILES string of the molecule is COc1cn(-c2ccccc2)nc1C(=O)NCC1COc2ccccc2O1. The fourth-order valence-corrected chi connectivity index (χ4v) is 2.83. The molecule has 2 aromatic carbocycles. The Morgan fingerprint density at radius 1 is 1.19 bits per heavy atom. The van der Waals surface area contributed by atoms with Gasteiger partial charge in [0.2, 0.25) is 0 Å². The molecule has 0 spiro atoms. The van der Waals surface area contributed by atoms with E-state index >= 15 is 0 Å². The summed E-state index contributed by atoms with van der Waals surface area (Å²) in [6, 6.07) is 17.0. The van der Waals surface area contributed by atoms with Crippen LogP contribution in [-0.4, -0.2) is 42.1 Å². The highest BCUT2D eigenvalue weighted by molar-refractivity contribution is 5.95. The Kier molecular flexibility index (Phi) is 4.65. The molecular weight excluding hydrogens is 346 g/mol. The van der Waals surface area contributed by atoms with Gasteiger partial charge in [-0.05, 0) is 24.3 Å². The van der Waals surface area contributed by atoms with Crippen LogP contribution in [0.4, 0.5) is 0 Å². The van der Waals surface area contributed by atoms with Crippen LogP contribution in [0.1, 0.15) is 10.5 Å². The van der Waals surface area contributed by atoms with E-state index in [1.54, 1.807) is 10.9 Å². The molecule has 0 radical (unpaired) electrons. The van der Waals surface area contributed by atoms with E-state index in [1.807, 2.05) is 54.6 Å².